The highest BCUT2D eigenvalue weighted by Crippen LogP contribution is 2.32. The number of benzene rings is 2. The van der Waals surface area contributed by atoms with Gasteiger partial charge in [0.2, 0.25) is 0 Å². The number of halogens is 4. The quantitative estimate of drug-likeness (QED) is 0.572. The van der Waals surface area contributed by atoms with Crippen LogP contribution in [0.1, 0.15) is 30.0 Å². The topological polar surface area (TPSA) is 38.3 Å². The Morgan fingerprint density at radius 2 is 1.85 bits per heavy atom. The monoisotopic (exact) mass is 443 g/mol. The molecule has 0 fully saturated rings. The van der Waals surface area contributed by atoms with E-state index in [4.69, 9.17) is 4.74 Å². The first-order valence-electron chi connectivity index (χ1n) is 8.55. The molecule has 0 heterocycles. The van der Waals surface area contributed by atoms with E-state index >= 15 is 0 Å². The average molecular weight is 444 g/mol. The fourth-order valence-electron chi connectivity index (χ4n) is 2.51. The zero-order chi connectivity index (χ0) is 19.9. The normalized spacial score (nSPS) is 12.5. The van der Waals surface area contributed by atoms with Gasteiger partial charge in [0.25, 0.3) is 0 Å². The number of hydrogen-bond acceptors (Lipinski definition) is 2. The molecule has 1 N–H and O–H groups in total. The SMILES string of the molecule is C[C@@H](CCc1cc(Br)cc(C(F)(F)F)c1)CNC(=O)OCc1ccccc1. The lowest BCUT2D eigenvalue weighted by molar-refractivity contribution is -0.137. The number of alkyl carbamates (subject to hydrolysis) is 1. The first-order valence-corrected chi connectivity index (χ1v) is 9.34. The maximum absolute atomic E-state index is 12.9. The van der Waals surface area contributed by atoms with E-state index in [0.717, 1.165) is 11.6 Å². The molecule has 146 valence electrons. The molecular formula is C20H21BrF3NO2. The molecule has 0 spiro atoms. The van der Waals surface area contributed by atoms with Crippen LogP contribution in [0.3, 0.4) is 0 Å². The maximum atomic E-state index is 12.9. The summed E-state index contributed by atoms with van der Waals surface area (Å²) < 4.78 is 44.1. The highest BCUT2D eigenvalue weighted by atomic mass is 79.9. The number of carbonyl (C=O) groups excluding carboxylic acids is 1. The Bertz CT molecular complexity index is 751. The molecule has 3 nitrogen and oxygen atoms in total. The number of amides is 1. The molecule has 0 aliphatic rings. The summed E-state index contributed by atoms with van der Waals surface area (Å²) >= 11 is 3.13. The number of aryl methyl sites for hydroxylation is 1. The third-order valence-corrected chi connectivity index (χ3v) is 4.48. The van der Waals surface area contributed by atoms with Gasteiger partial charge in [-0.3, -0.25) is 0 Å². The van der Waals surface area contributed by atoms with Gasteiger partial charge >= 0.3 is 12.3 Å². The molecule has 0 saturated heterocycles. The third-order valence-electron chi connectivity index (χ3n) is 4.02. The second-order valence-electron chi connectivity index (χ2n) is 6.43. The summed E-state index contributed by atoms with van der Waals surface area (Å²) in [6.07, 6.45) is -3.74. The Kier molecular flexibility index (Phi) is 7.71. The van der Waals surface area contributed by atoms with Crippen LogP contribution >= 0.6 is 15.9 Å². The van der Waals surface area contributed by atoms with Crippen molar-refractivity contribution in [1.29, 1.82) is 0 Å². The predicted molar refractivity (Wildman–Crippen MR) is 101 cm³/mol. The number of hydrogen-bond donors (Lipinski definition) is 1. The van der Waals surface area contributed by atoms with Crippen LogP contribution in [0.15, 0.2) is 53.0 Å². The van der Waals surface area contributed by atoms with Gasteiger partial charge in [0.1, 0.15) is 6.61 Å². The van der Waals surface area contributed by atoms with Crippen molar-refractivity contribution < 1.29 is 22.7 Å². The summed E-state index contributed by atoms with van der Waals surface area (Å²) in [6, 6.07) is 13.3. The van der Waals surface area contributed by atoms with Crippen molar-refractivity contribution >= 4 is 22.0 Å². The van der Waals surface area contributed by atoms with Crippen LogP contribution in [0.5, 0.6) is 0 Å². The largest absolute Gasteiger partial charge is 0.445 e. The van der Waals surface area contributed by atoms with Crippen molar-refractivity contribution in [3.63, 3.8) is 0 Å². The van der Waals surface area contributed by atoms with Crippen LogP contribution < -0.4 is 5.32 Å². The molecule has 0 aromatic heterocycles. The molecule has 0 unspecified atom stereocenters. The van der Waals surface area contributed by atoms with E-state index in [1.54, 1.807) is 6.07 Å². The first kappa shape index (κ1) is 21.3. The summed E-state index contributed by atoms with van der Waals surface area (Å²) in [6.45, 7) is 2.52. The number of ether oxygens (including phenoxy) is 1. The Hall–Kier alpha value is -2.02. The van der Waals surface area contributed by atoms with E-state index in [2.05, 4.69) is 21.2 Å². The maximum Gasteiger partial charge on any atom is 0.416 e. The zero-order valence-corrected chi connectivity index (χ0v) is 16.4. The third kappa shape index (κ3) is 7.62. The minimum atomic E-state index is -4.37. The molecular weight excluding hydrogens is 423 g/mol. The fourth-order valence-corrected chi connectivity index (χ4v) is 3.05. The highest BCUT2D eigenvalue weighted by Gasteiger charge is 2.31. The smallest absolute Gasteiger partial charge is 0.416 e. The fraction of sp³-hybridized carbons (Fsp3) is 0.350. The Morgan fingerprint density at radius 1 is 1.15 bits per heavy atom. The van der Waals surface area contributed by atoms with Crippen molar-refractivity contribution in [3.05, 3.63) is 69.7 Å². The van der Waals surface area contributed by atoms with Crippen LogP contribution in [0.25, 0.3) is 0 Å². The minimum Gasteiger partial charge on any atom is -0.445 e. The van der Waals surface area contributed by atoms with Crippen LogP contribution in [0.2, 0.25) is 0 Å². The summed E-state index contributed by atoms with van der Waals surface area (Å²) in [5.74, 6) is 0.0996. The first-order chi connectivity index (χ1) is 12.7. The van der Waals surface area contributed by atoms with Crippen LogP contribution in [-0.2, 0) is 23.9 Å². The molecule has 2 aromatic carbocycles. The zero-order valence-electron chi connectivity index (χ0n) is 14.9. The van der Waals surface area contributed by atoms with E-state index in [-0.39, 0.29) is 12.5 Å². The van der Waals surface area contributed by atoms with Gasteiger partial charge in [-0.2, -0.15) is 13.2 Å². The lowest BCUT2D eigenvalue weighted by atomic mass is 9.99. The van der Waals surface area contributed by atoms with Gasteiger partial charge < -0.3 is 10.1 Å². The second kappa shape index (κ2) is 9.78. The van der Waals surface area contributed by atoms with Gasteiger partial charge in [-0.1, -0.05) is 53.2 Å². The summed E-state index contributed by atoms with van der Waals surface area (Å²) in [5, 5.41) is 2.69. The Balaban J connectivity index is 1.75. The van der Waals surface area contributed by atoms with Gasteiger partial charge in [0.15, 0.2) is 0 Å². The van der Waals surface area contributed by atoms with Gasteiger partial charge in [-0.15, -0.1) is 0 Å². The molecule has 27 heavy (non-hydrogen) atoms. The molecule has 0 aliphatic carbocycles. The standard InChI is InChI=1S/C20H21BrF3NO2/c1-14(12-25-19(26)27-13-15-5-3-2-4-6-15)7-8-16-9-17(20(22,23)24)11-18(21)10-16/h2-6,9-11,14H,7-8,12-13H2,1H3,(H,25,26)/t14-/m0/s1. The van der Waals surface area contributed by atoms with Gasteiger partial charge in [-0.25, -0.2) is 4.79 Å². The van der Waals surface area contributed by atoms with E-state index in [1.165, 1.54) is 6.07 Å². The average Bonchev–Trinajstić information content (AvgIpc) is 2.62. The molecule has 0 radical (unpaired) electrons. The lowest BCUT2D eigenvalue weighted by Gasteiger charge is -2.14. The minimum absolute atomic E-state index is 0.0996. The van der Waals surface area contributed by atoms with E-state index in [9.17, 15) is 18.0 Å². The molecule has 1 atom stereocenters. The summed E-state index contributed by atoms with van der Waals surface area (Å²) in [7, 11) is 0. The highest BCUT2D eigenvalue weighted by molar-refractivity contribution is 9.10. The number of nitrogens with one attached hydrogen (secondary N) is 1. The van der Waals surface area contributed by atoms with Crippen LogP contribution in [-0.4, -0.2) is 12.6 Å². The number of alkyl halides is 3. The van der Waals surface area contributed by atoms with E-state index in [0.29, 0.717) is 29.4 Å². The van der Waals surface area contributed by atoms with Gasteiger partial charge in [0, 0.05) is 11.0 Å². The molecule has 2 aromatic rings. The summed E-state index contributed by atoms with van der Waals surface area (Å²) in [5.41, 5.74) is 0.841. The molecule has 7 heteroatoms. The molecule has 0 aliphatic heterocycles. The number of carbonyl (C=O) groups is 1. The molecule has 0 saturated carbocycles. The van der Waals surface area contributed by atoms with Crippen molar-refractivity contribution in [2.24, 2.45) is 5.92 Å². The van der Waals surface area contributed by atoms with Crippen molar-refractivity contribution in [1.82, 2.24) is 5.32 Å². The van der Waals surface area contributed by atoms with E-state index in [1.807, 2.05) is 37.3 Å². The molecule has 1 amide bonds. The van der Waals surface area contributed by atoms with Gasteiger partial charge in [0.05, 0.1) is 5.56 Å². The van der Waals surface area contributed by atoms with Crippen molar-refractivity contribution in [3.8, 4) is 0 Å². The number of rotatable bonds is 7. The predicted octanol–water partition coefficient (Wildman–Crippen LogP) is 5.96. The Morgan fingerprint density at radius 3 is 2.52 bits per heavy atom. The van der Waals surface area contributed by atoms with Crippen molar-refractivity contribution in [2.45, 2.75) is 32.5 Å². The summed E-state index contributed by atoms with van der Waals surface area (Å²) in [4.78, 5) is 11.7. The Labute approximate surface area is 165 Å². The second-order valence-corrected chi connectivity index (χ2v) is 7.35. The van der Waals surface area contributed by atoms with Crippen molar-refractivity contribution in [2.75, 3.05) is 6.54 Å². The van der Waals surface area contributed by atoms with Gasteiger partial charge in [-0.05, 0) is 48.1 Å². The van der Waals surface area contributed by atoms with Crippen LogP contribution in [0, 0.1) is 5.92 Å². The lowest BCUT2D eigenvalue weighted by Crippen LogP contribution is -2.29. The molecule has 0 bridgehead atoms. The van der Waals surface area contributed by atoms with E-state index < -0.39 is 17.8 Å². The van der Waals surface area contributed by atoms with Crippen LogP contribution in [0.4, 0.5) is 18.0 Å². The molecule has 2 rings (SSSR count).